The lowest BCUT2D eigenvalue weighted by atomic mass is 9.93. The molecule has 0 unspecified atom stereocenters. The number of thiophene rings is 1. The number of alkyl carbamates (subject to hydrolysis) is 1. The summed E-state index contributed by atoms with van der Waals surface area (Å²) in [6.07, 6.45) is 0.171. The number of amides is 3. The number of nitrogens with one attached hydrogen (secondary N) is 3. The van der Waals surface area contributed by atoms with E-state index in [1.807, 2.05) is 61.7 Å². The SMILES string of the molecule is COC(=O)c1nc(C(=O)NCc2ccccc2)ccc1-c1cc2c(cc1C(=O)Nc1c(C)cc(CNC(=O)OC(C)(C)C)cc1C)-c1sccc1CCO2. The van der Waals surface area contributed by atoms with Crippen LogP contribution in [0.15, 0.2) is 78.2 Å². The summed E-state index contributed by atoms with van der Waals surface area (Å²) < 4.78 is 16.7. The quantitative estimate of drug-likeness (QED) is 0.129. The molecule has 11 nitrogen and oxygen atoms in total. The number of fused-ring (bicyclic) bond motifs is 3. The van der Waals surface area contributed by atoms with Crippen molar-refractivity contribution in [1.29, 1.82) is 0 Å². The predicted molar refractivity (Wildman–Crippen MR) is 208 cm³/mol. The van der Waals surface area contributed by atoms with Gasteiger partial charge in [0.1, 0.15) is 17.0 Å². The van der Waals surface area contributed by atoms with Gasteiger partial charge in [-0.3, -0.25) is 9.59 Å². The molecule has 0 spiro atoms. The Labute approximate surface area is 318 Å². The van der Waals surface area contributed by atoms with E-state index in [9.17, 15) is 19.2 Å². The molecule has 3 N–H and O–H groups in total. The van der Waals surface area contributed by atoms with Gasteiger partial charge in [0.25, 0.3) is 11.8 Å². The predicted octanol–water partition coefficient (Wildman–Crippen LogP) is 8.02. The third-order valence-electron chi connectivity index (χ3n) is 8.74. The minimum atomic E-state index is -0.771. The first-order valence-electron chi connectivity index (χ1n) is 17.5. The number of nitrogens with zero attached hydrogens (tertiary/aromatic N) is 1. The number of pyridine rings is 1. The van der Waals surface area contributed by atoms with Gasteiger partial charge >= 0.3 is 12.1 Å². The smallest absolute Gasteiger partial charge is 0.407 e. The molecule has 2 aromatic heterocycles. The summed E-state index contributed by atoms with van der Waals surface area (Å²) >= 11 is 1.56. The van der Waals surface area contributed by atoms with Crippen LogP contribution in [-0.4, -0.2) is 48.2 Å². The second-order valence-corrected chi connectivity index (χ2v) is 14.9. The van der Waals surface area contributed by atoms with Crippen LogP contribution in [-0.2, 0) is 29.0 Å². The molecule has 3 heterocycles. The summed E-state index contributed by atoms with van der Waals surface area (Å²) in [6.45, 7) is 10.1. The summed E-state index contributed by atoms with van der Waals surface area (Å²) in [6, 6.07) is 21.9. The highest BCUT2D eigenvalue weighted by molar-refractivity contribution is 7.13. The number of anilines is 1. The Morgan fingerprint density at radius 3 is 2.26 bits per heavy atom. The number of esters is 1. The molecular formula is C42H42N4O7S. The number of aryl methyl sites for hydroxylation is 2. The number of hydrogen-bond acceptors (Lipinski definition) is 9. The van der Waals surface area contributed by atoms with E-state index in [1.54, 1.807) is 50.3 Å². The lowest BCUT2D eigenvalue weighted by molar-refractivity contribution is 0.0522. The van der Waals surface area contributed by atoms with Gasteiger partial charge in [-0.1, -0.05) is 42.5 Å². The van der Waals surface area contributed by atoms with Crippen molar-refractivity contribution < 1.29 is 33.4 Å². The molecule has 3 amide bonds. The van der Waals surface area contributed by atoms with Gasteiger partial charge in [-0.2, -0.15) is 0 Å². The number of carbonyl (C=O) groups excluding carboxylic acids is 4. The molecular weight excluding hydrogens is 705 g/mol. The van der Waals surface area contributed by atoms with Gasteiger partial charge < -0.3 is 30.2 Å². The number of carbonyl (C=O) groups is 4. The zero-order chi connectivity index (χ0) is 38.6. The lowest BCUT2D eigenvalue weighted by Gasteiger charge is -2.20. The highest BCUT2D eigenvalue weighted by Gasteiger charge is 2.27. The first kappa shape index (κ1) is 37.7. The molecule has 3 aromatic carbocycles. The van der Waals surface area contributed by atoms with Gasteiger partial charge in [-0.05, 0) is 98.1 Å². The summed E-state index contributed by atoms with van der Waals surface area (Å²) in [5, 5.41) is 10.7. The molecule has 0 saturated heterocycles. The van der Waals surface area contributed by atoms with Crippen LogP contribution in [0.25, 0.3) is 21.6 Å². The number of ether oxygens (including phenoxy) is 3. The van der Waals surface area contributed by atoms with Gasteiger partial charge in [0.15, 0.2) is 5.69 Å². The van der Waals surface area contributed by atoms with Crippen LogP contribution < -0.4 is 20.7 Å². The maximum absolute atomic E-state index is 14.5. The van der Waals surface area contributed by atoms with Crippen molar-refractivity contribution in [2.24, 2.45) is 0 Å². The lowest BCUT2D eigenvalue weighted by Crippen LogP contribution is -2.32. The summed E-state index contributed by atoms with van der Waals surface area (Å²) in [7, 11) is 1.24. The van der Waals surface area contributed by atoms with E-state index in [2.05, 4.69) is 27.0 Å². The van der Waals surface area contributed by atoms with Gasteiger partial charge in [0.2, 0.25) is 0 Å². The van der Waals surface area contributed by atoms with Crippen LogP contribution >= 0.6 is 11.3 Å². The highest BCUT2D eigenvalue weighted by atomic mass is 32.1. The van der Waals surface area contributed by atoms with Crippen molar-refractivity contribution in [2.75, 3.05) is 19.0 Å². The average Bonchev–Trinajstić information content (AvgIpc) is 3.54. The molecule has 6 rings (SSSR count). The standard InChI is InChI=1S/C42H42N4O7S/c1-24-18-27(23-44-41(50)53-42(3,4)5)19-25(2)35(24)46-38(47)31-20-32-34(52-16-14-28-15-17-54-37(28)32)21-30(31)29-12-13-33(45-36(29)40(49)51-6)39(48)43-22-26-10-8-7-9-11-26/h7-13,15,17-21H,14,16,22-23H2,1-6H3,(H,43,48)(H,44,50)(H,46,47). The van der Waals surface area contributed by atoms with Crippen LogP contribution in [0.2, 0.25) is 0 Å². The molecule has 0 radical (unpaired) electrons. The van der Waals surface area contributed by atoms with Gasteiger partial charge in [0.05, 0.1) is 13.7 Å². The largest absolute Gasteiger partial charge is 0.493 e. The minimum absolute atomic E-state index is 0.0165. The Bertz CT molecular complexity index is 2220. The molecule has 5 aromatic rings. The molecule has 1 aliphatic rings. The minimum Gasteiger partial charge on any atom is -0.493 e. The van der Waals surface area contributed by atoms with Crippen molar-refractivity contribution in [3.8, 4) is 27.3 Å². The second-order valence-electron chi connectivity index (χ2n) is 13.9. The van der Waals surface area contributed by atoms with Gasteiger partial charge in [0, 0.05) is 52.3 Å². The topological polar surface area (TPSA) is 145 Å². The molecule has 278 valence electrons. The van der Waals surface area contributed by atoms with E-state index in [1.165, 1.54) is 13.2 Å². The summed E-state index contributed by atoms with van der Waals surface area (Å²) in [5.41, 5.74) is 5.99. The molecule has 0 bridgehead atoms. The Morgan fingerprint density at radius 1 is 0.833 bits per heavy atom. The van der Waals surface area contributed by atoms with Crippen LogP contribution in [0.4, 0.5) is 10.5 Å². The van der Waals surface area contributed by atoms with Crippen molar-refractivity contribution in [3.05, 3.63) is 123 Å². The molecule has 0 atom stereocenters. The normalized spacial score (nSPS) is 12.0. The maximum Gasteiger partial charge on any atom is 0.407 e. The highest BCUT2D eigenvalue weighted by Crippen LogP contribution is 2.43. The van der Waals surface area contributed by atoms with Crippen LogP contribution in [0, 0.1) is 13.8 Å². The van der Waals surface area contributed by atoms with Crippen LogP contribution in [0.1, 0.15) is 79.9 Å². The molecule has 12 heteroatoms. The van der Waals surface area contributed by atoms with Crippen LogP contribution in [0.3, 0.4) is 0 Å². The van der Waals surface area contributed by atoms with E-state index in [0.717, 1.165) is 38.3 Å². The van der Waals surface area contributed by atoms with E-state index in [-0.39, 0.29) is 30.0 Å². The van der Waals surface area contributed by atoms with Gasteiger partial charge in [-0.15, -0.1) is 11.3 Å². The fraction of sp³-hybridized carbons (Fsp3) is 0.262. The molecule has 1 aliphatic heterocycles. The number of rotatable bonds is 9. The Balaban J connectivity index is 1.38. The maximum atomic E-state index is 14.5. The third-order valence-corrected chi connectivity index (χ3v) is 9.73. The third kappa shape index (κ3) is 8.61. The first-order chi connectivity index (χ1) is 25.8. The second kappa shape index (κ2) is 15.9. The fourth-order valence-corrected chi connectivity index (χ4v) is 7.25. The first-order valence-corrected chi connectivity index (χ1v) is 18.4. The zero-order valence-electron chi connectivity index (χ0n) is 31.0. The summed E-state index contributed by atoms with van der Waals surface area (Å²) in [4.78, 5) is 58.7. The van der Waals surface area contributed by atoms with E-state index >= 15 is 0 Å². The van der Waals surface area contributed by atoms with E-state index in [0.29, 0.717) is 35.6 Å². The van der Waals surface area contributed by atoms with Gasteiger partial charge in [-0.25, -0.2) is 14.6 Å². The van der Waals surface area contributed by atoms with E-state index < -0.39 is 29.5 Å². The average molecular weight is 747 g/mol. The van der Waals surface area contributed by atoms with Crippen molar-refractivity contribution >= 4 is 40.9 Å². The number of methoxy groups -OCH3 is 1. The fourth-order valence-electron chi connectivity index (χ4n) is 6.27. The zero-order valence-corrected chi connectivity index (χ0v) is 31.9. The molecule has 0 saturated carbocycles. The van der Waals surface area contributed by atoms with E-state index in [4.69, 9.17) is 14.2 Å². The molecule has 0 aliphatic carbocycles. The van der Waals surface area contributed by atoms with Crippen LogP contribution in [0.5, 0.6) is 5.75 Å². The Hall–Kier alpha value is -6.01. The van der Waals surface area contributed by atoms with Crippen molar-refractivity contribution in [2.45, 2.75) is 59.7 Å². The Morgan fingerprint density at radius 2 is 1.56 bits per heavy atom. The van der Waals surface area contributed by atoms with Crippen molar-refractivity contribution in [1.82, 2.24) is 15.6 Å². The van der Waals surface area contributed by atoms with Crippen molar-refractivity contribution in [3.63, 3.8) is 0 Å². The monoisotopic (exact) mass is 746 g/mol. The molecule has 54 heavy (non-hydrogen) atoms. The molecule has 0 fully saturated rings. The number of benzene rings is 3. The number of aromatic nitrogens is 1. The summed E-state index contributed by atoms with van der Waals surface area (Å²) in [5.74, 6) is -1.12. The Kier molecular flexibility index (Phi) is 11.1. The number of hydrogen-bond donors (Lipinski definition) is 3.